The van der Waals surface area contributed by atoms with E-state index in [0.29, 0.717) is 29.9 Å². The number of halogens is 2. The number of imidazole rings is 1. The zero-order valence-corrected chi connectivity index (χ0v) is 18.0. The predicted octanol–water partition coefficient (Wildman–Crippen LogP) is 3.56. The van der Waals surface area contributed by atoms with Crippen molar-refractivity contribution >= 4 is 5.82 Å². The summed E-state index contributed by atoms with van der Waals surface area (Å²) >= 11 is 0. The Morgan fingerprint density at radius 3 is 2.72 bits per heavy atom. The van der Waals surface area contributed by atoms with Crippen LogP contribution in [0.4, 0.5) is 14.6 Å². The number of piperidine rings is 1. The summed E-state index contributed by atoms with van der Waals surface area (Å²) in [5, 5.41) is 22.2. The number of nitrogens with zero attached hydrogens (tertiary/aromatic N) is 5. The van der Waals surface area contributed by atoms with Crippen LogP contribution in [0.2, 0.25) is 0 Å². The van der Waals surface area contributed by atoms with E-state index in [1.165, 1.54) is 0 Å². The molecule has 3 aromatic rings. The van der Waals surface area contributed by atoms with Gasteiger partial charge in [0, 0.05) is 43.4 Å². The Hall–Kier alpha value is -3.07. The molecule has 2 bridgehead atoms. The van der Waals surface area contributed by atoms with Crippen molar-refractivity contribution < 1.29 is 13.9 Å². The van der Waals surface area contributed by atoms with Crippen LogP contribution in [-0.2, 0) is 6.42 Å². The number of phenols is 1. The Morgan fingerprint density at radius 1 is 1.22 bits per heavy atom. The fourth-order valence-corrected chi connectivity index (χ4v) is 4.77. The number of aromatic nitrogens is 4. The van der Waals surface area contributed by atoms with Gasteiger partial charge in [0.1, 0.15) is 5.75 Å². The number of alkyl halides is 2. The quantitative estimate of drug-likeness (QED) is 0.632. The van der Waals surface area contributed by atoms with Gasteiger partial charge in [0.05, 0.1) is 29.4 Å². The molecule has 0 unspecified atom stereocenters. The van der Waals surface area contributed by atoms with Crippen LogP contribution in [-0.4, -0.2) is 56.0 Å². The van der Waals surface area contributed by atoms with Crippen molar-refractivity contribution in [3.63, 3.8) is 0 Å². The number of aryl methyl sites for hydroxylation is 1. The molecule has 9 heteroatoms. The topological polar surface area (TPSA) is 79.1 Å². The maximum Gasteiger partial charge on any atom is 0.264 e. The summed E-state index contributed by atoms with van der Waals surface area (Å²) in [4.78, 5) is 6.25. The molecule has 1 aromatic carbocycles. The van der Waals surface area contributed by atoms with E-state index >= 15 is 0 Å². The number of hydrogen-bond acceptors (Lipinski definition) is 6. The number of rotatable bonds is 5. The molecule has 32 heavy (non-hydrogen) atoms. The van der Waals surface area contributed by atoms with Crippen molar-refractivity contribution in [3.8, 4) is 22.7 Å². The fraction of sp³-hybridized carbons (Fsp3) is 0.435. The third-order valence-corrected chi connectivity index (χ3v) is 6.64. The van der Waals surface area contributed by atoms with Gasteiger partial charge in [0.2, 0.25) is 0 Å². The average molecular weight is 440 g/mol. The van der Waals surface area contributed by atoms with Gasteiger partial charge in [0.25, 0.3) is 5.92 Å². The van der Waals surface area contributed by atoms with E-state index < -0.39 is 12.0 Å². The van der Waals surface area contributed by atoms with E-state index in [9.17, 15) is 13.9 Å². The van der Waals surface area contributed by atoms with Crippen LogP contribution < -0.4 is 10.2 Å². The van der Waals surface area contributed by atoms with Crippen molar-refractivity contribution in [2.75, 3.05) is 11.9 Å². The zero-order valence-electron chi connectivity index (χ0n) is 18.0. The average Bonchev–Trinajstić information content (AvgIpc) is 3.35. The minimum atomic E-state index is -2.64. The summed E-state index contributed by atoms with van der Waals surface area (Å²) in [6.45, 7) is 2.04. The molecule has 4 heterocycles. The highest BCUT2D eigenvalue weighted by Gasteiger charge is 2.53. The van der Waals surface area contributed by atoms with Gasteiger partial charge in [-0.15, -0.1) is 10.2 Å². The monoisotopic (exact) mass is 440 g/mol. The van der Waals surface area contributed by atoms with Gasteiger partial charge >= 0.3 is 0 Å². The second kappa shape index (κ2) is 7.81. The van der Waals surface area contributed by atoms with Crippen molar-refractivity contribution in [1.29, 1.82) is 0 Å². The highest BCUT2D eigenvalue weighted by atomic mass is 19.3. The summed E-state index contributed by atoms with van der Waals surface area (Å²) < 4.78 is 29.9. The maximum atomic E-state index is 14.0. The molecule has 7 nitrogen and oxygen atoms in total. The Bertz CT molecular complexity index is 1120. The molecule has 5 rings (SSSR count). The number of anilines is 1. The third-order valence-electron chi connectivity index (χ3n) is 6.64. The van der Waals surface area contributed by atoms with Crippen molar-refractivity contribution in [2.24, 2.45) is 0 Å². The third kappa shape index (κ3) is 3.70. The van der Waals surface area contributed by atoms with Gasteiger partial charge in [-0.25, -0.2) is 13.8 Å². The van der Waals surface area contributed by atoms with Gasteiger partial charge in [-0.2, -0.15) is 0 Å². The first-order chi connectivity index (χ1) is 15.3. The maximum absolute atomic E-state index is 14.0. The molecule has 3 atom stereocenters. The van der Waals surface area contributed by atoms with Gasteiger partial charge in [-0.05, 0) is 43.5 Å². The van der Waals surface area contributed by atoms with E-state index in [1.54, 1.807) is 24.5 Å². The first-order valence-electron chi connectivity index (χ1n) is 10.9. The number of phenolic OH excluding ortho intramolecular Hbond substituents is 1. The van der Waals surface area contributed by atoms with Crippen LogP contribution in [0.15, 0.2) is 42.9 Å². The van der Waals surface area contributed by atoms with E-state index in [4.69, 9.17) is 0 Å². The summed E-state index contributed by atoms with van der Waals surface area (Å²) in [5.74, 6) is -1.92. The molecule has 2 aliphatic heterocycles. The van der Waals surface area contributed by atoms with E-state index in [0.717, 1.165) is 17.8 Å². The Kier molecular flexibility index (Phi) is 5.08. The van der Waals surface area contributed by atoms with Crippen molar-refractivity contribution in [3.05, 3.63) is 48.5 Å². The number of nitrogens with one attached hydrogen (secondary N) is 1. The molecular weight excluding hydrogens is 414 g/mol. The first-order valence-corrected chi connectivity index (χ1v) is 10.9. The molecule has 2 fully saturated rings. The van der Waals surface area contributed by atoms with Crippen molar-refractivity contribution in [1.82, 2.24) is 25.1 Å². The largest absolute Gasteiger partial charge is 0.507 e. The number of benzene rings is 1. The lowest BCUT2D eigenvalue weighted by atomic mass is 9.98. The van der Waals surface area contributed by atoms with E-state index in [-0.39, 0.29) is 24.3 Å². The number of hydrogen-bond donors (Lipinski definition) is 2. The first kappa shape index (κ1) is 20.8. The van der Waals surface area contributed by atoms with Gasteiger partial charge in [-0.1, -0.05) is 6.92 Å². The molecular formula is C23H26F2N6O. The van der Waals surface area contributed by atoms with E-state index in [1.807, 2.05) is 41.8 Å². The smallest absolute Gasteiger partial charge is 0.264 e. The minimum absolute atomic E-state index is 0.0179. The summed E-state index contributed by atoms with van der Waals surface area (Å²) in [7, 11) is 1.87. The minimum Gasteiger partial charge on any atom is -0.507 e. The molecule has 0 spiro atoms. The number of fused-ring (bicyclic) bond motifs is 2. The Labute approximate surface area is 185 Å². The molecule has 0 amide bonds. The van der Waals surface area contributed by atoms with E-state index in [2.05, 4.69) is 20.5 Å². The highest BCUT2D eigenvalue weighted by Crippen LogP contribution is 2.40. The lowest BCUT2D eigenvalue weighted by Gasteiger charge is -2.36. The van der Waals surface area contributed by atoms with Gasteiger partial charge < -0.3 is 19.9 Å². The predicted molar refractivity (Wildman–Crippen MR) is 117 cm³/mol. The lowest BCUT2D eigenvalue weighted by Crippen LogP contribution is -2.49. The highest BCUT2D eigenvalue weighted by molar-refractivity contribution is 5.69. The molecule has 0 aliphatic carbocycles. The van der Waals surface area contributed by atoms with Crippen molar-refractivity contribution in [2.45, 2.75) is 56.7 Å². The van der Waals surface area contributed by atoms with Crippen LogP contribution in [0.25, 0.3) is 16.9 Å². The van der Waals surface area contributed by atoms with Crippen LogP contribution in [0.1, 0.15) is 31.9 Å². The molecule has 2 saturated heterocycles. The molecule has 2 aromatic heterocycles. The molecule has 168 valence electrons. The SMILES string of the molecule is CCc1cn(-c2ccc(-c3ccc(N(C)[C@H]4C[C@@H]5CC(F)(F)[C@@H](C4)N5)nn3)c(O)c2)cn1. The van der Waals surface area contributed by atoms with Crippen LogP contribution in [0.5, 0.6) is 5.75 Å². The normalized spacial score (nSPS) is 23.9. The van der Waals surface area contributed by atoms with Crippen LogP contribution in [0.3, 0.4) is 0 Å². The van der Waals surface area contributed by atoms with Gasteiger partial charge in [0.15, 0.2) is 5.82 Å². The molecule has 0 radical (unpaired) electrons. The second-order valence-corrected chi connectivity index (χ2v) is 8.72. The summed E-state index contributed by atoms with van der Waals surface area (Å²) in [6.07, 6.45) is 5.43. The standard InChI is InChI=1S/C23H26F2N6O/c1-3-14-12-31(13-26-14)16-4-5-18(20(32)9-16)19-6-7-22(29-28-19)30(2)17-8-15-11-23(24,25)21(10-17)27-15/h4-7,9,12-13,15,17,21,27,32H,3,8,10-11H2,1-2H3/t15-,17+,21-/m1/s1. The fourth-order valence-electron chi connectivity index (χ4n) is 4.77. The summed E-state index contributed by atoms with van der Waals surface area (Å²) in [6, 6.07) is 8.02. The van der Waals surface area contributed by atoms with Gasteiger partial charge in [-0.3, -0.25) is 0 Å². The zero-order chi connectivity index (χ0) is 22.5. The molecule has 2 aliphatic rings. The second-order valence-electron chi connectivity index (χ2n) is 8.72. The van der Waals surface area contributed by atoms with Crippen LogP contribution >= 0.6 is 0 Å². The molecule has 0 saturated carbocycles. The lowest BCUT2D eigenvalue weighted by molar-refractivity contribution is -0.0128. The molecule has 2 N–H and O–H groups in total. The van der Waals surface area contributed by atoms with Crippen LogP contribution in [0, 0.1) is 0 Å². The summed E-state index contributed by atoms with van der Waals surface area (Å²) in [5.41, 5.74) is 2.90. The number of aromatic hydroxyl groups is 1. The Morgan fingerprint density at radius 2 is 2.06 bits per heavy atom. The Balaban J connectivity index is 1.32.